The smallest absolute Gasteiger partial charge is 0.333 e. The number of ether oxygens (including phenoxy) is 1. The molecule has 0 fully saturated rings. The first-order valence-corrected chi connectivity index (χ1v) is 6.53. The van der Waals surface area contributed by atoms with E-state index in [0.29, 0.717) is 0 Å². The van der Waals surface area contributed by atoms with Gasteiger partial charge in [-0.3, -0.25) is 0 Å². The SMILES string of the molecule is CCCCCCC=C(CCCC)C(=O)OC. The lowest BCUT2D eigenvalue weighted by molar-refractivity contribution is -0.136. The zero-order valence-corrected chi connectivity index (χ0v) is 11.1. The molecular formula is C14H26O2. The second-order valence-corrected chi connectivity index (χ2v) is 4.17. The number of hydrogen-bond acceptors (Lipinski definition) is 2. The summed E-state index contributed by atoms with van der Waals surface area (Å²) >= 11 is 0. The number of methoxy groups -OCH3 is 1. The van der Waals surface area contributed by atoms with Gasteiger partial charge in [-0.1, -0.05) is 45.6 Å². The Kier molecular flexibility index (Phi) is 10.2. The summed E-state index contributed by atoms with van der Waals surface area (Å²) in [5.41, 5.74) is 0.862. The van der Waals surface area contributed by atoms with Crippen LogP contribution in [0.3, 0.4) is 0 Å². The van der Waals surface area contributed by atoms with E-state index < -0.39 is 0 Å². The maximum absolute atomic E-state index is 11.4. The molecule has 2 nitrogen and oxygen atoms in total. The third-order valence-electron chi connectivity index (χ3n) is 2.70. The highest BCUT2D eigenvalue weighted by atomic mass is 16.5. The van der Waals surface area contributed by atoms with Gasteiger partial charge in [0.25, 0.3) is 0 Å². The van der Waals surface area contributed by atoms with E-state index in [1.54, 1.807) is 0 Å². The highest BCUT2D eigenvalue weighted by Crippen LogP contribution is 2.12. The molecule has 0 bridgehead atoms. The maximum atomic E-state index is 11.4. The predicted octanol–water partition coefficient (Wildman–Crippen LogP) is 4.25. The van der Waals surface area contributed by atoms with Crippen LogP contribution < -0.4 is 0 Å². The molecule has 0 radical (unpaired) electrons. The highest BCUT2D eigenvalue weighted by Gasteiger charge is 2.07. The number of carbonyl (C=O) groups is 1. The van der Waals surface area contributed by atoms with Crippen LogP contribution in [0.1, 0.15) is 65.2 Å². The molecule has 0 aromatic carbocycles. The van der Waals surface area contributed by atoms with Gasteiger partial charge in [-0.05, 0) is 25.7 Å². The lowest BCUT2D eigenvalue weighted by Crippen LogP contribution is -2.04. The molecule has 94 valence electrons. The quantitative estimate of drug-likeness (QED) is 0.334. The monoisotopic (exact) mass is 226 g/mol. The van der Waals surface area contributed by atoms with Crippen LogP contribution in [0.2, 0.25) is 0 Å². The van der Waals surface area contributed by atoms with Gasteiger partial charge in [0.05, 0.1) is 7.11 Å². The molecule has 0 saturated carbocycles. The minimum Gasteiger partial charge on any atom is -0.466 e. The maximum Gasteiger partial charge on any atom is 0.333 e. The number of unbranched alkanes of at least 4 members (excludes halogenated alkanes) is 5. The first-order valence-electron chi connectivity index (χ1n) is 6.53. The minimum absolute atomic E-state index is 0.149. The van der Waals surface area contributed by atoms with E-state index in [1.807, 2.05) is 0 Å². The van der Waals surface area contributed by atoms with E-state index >= 15 is 0 Å². The fourth-order valence-electron chi connectivity index (χ4n) is 1.63. The first-order chi connectivity index (χ1) is 7.76. The second-order valence-electron chi connectivity index (χ2n) is 4.17. The van der Waals surface area contributed by atoms with Crippen LogP contribution in [-0.2, 0) is 9.53 Å². The molecule has 0 aliphatic rings. The zero-order valence-electron chi connectivity index (χ0n) is 11.1. The Hall–Kier alpha value is -0.790. The van der Waals surface area contributed by atoms with Crippen LogP contribution in [0.4, 0.5) is 0 Å². The lowest BCUT2D eigenvalue weighted by Gasteiger charge is -2.04. The van der Waals surface area contributed by atoms with Crippen molar-refractivity contribution in [2.24, 2.45) is 0 Å². The van der Waals surface area contributed by atoms with Gasteiger partial charge in [-0.25, -0.2) is 4.79 Å². The average molecular weight is 226 g/mol. The third-order valence-corrected chi connectivity index (χ3v) is 2.70. The summed E-state index contributed by atoms with van der Waals surface area (Å²) in [4.78, 5) is 11.4. The van der Waals surface area contributed by atoms with Crippen molar-refractivity contribution in [3.63, 3.8) is 0 Å². The van der Waals surface area contributed by atoms with Crippen molar-refractivity contribution in [2.45, 2.75) is 65.2 Å². The summed E-state index contributed by atoms with van der Waals surface area (Å²) < 4.78 is 4.78. The molecule has 0 rings (SSSR count). The van der Waals surface area contributed by atoms with Crippen LogP contribution >= 0.6 is 0 Å². The number of allylic oxidation sites excluding steroid dienone is 1. The van der Waals surface area contributed by atoms with Gasteiger partial charge in [0.2, 0.25) is 0 Å². The summed E-state index contributed by atoms with van der Waals surface area (Å²) in [6, 6.07) is 0. The van der Waals surface area contributed by atoms with E-state index in [9.17, 15) is 4.79 Å². The minimum atomic E-state index is -0.149. The van der Waals surface area contributed by atoms with E-state index in [1.165, 1.54) is 32.8 Å². The van der Waals surface area contributed by atoms with Crippen LogP contribution in [0.25, 0.3) is 0 Å². The van der Waals surface area contributed by atoms with Crippen molar-refractivity contribution in [1.82, 2.24) is 0 Å². The van der Waals surface area contributed by atoms with E-state index in [-0.39, 0.29) is 5.97 Å². The first kappa shape index (κ1) is 15.2. The third kappa shape index (κ3) is 7.49. The molecule has 0 atom stereocenters. The Morgan fingerprint density at radius 3 is 2.31 bits per heavy atom. The number of carbonyl (C=O) groups excluding carboxylic acids is 1. The van der Waals surface area contributed by atoms with Crippen molar-refractivity contribution >= 4 is 5.97 Å². The fraction of sp³-hybridized carbons (Fsp3) is 0.786. The number of rotatable bonds is 9. The molecule has 0 aromatic heterocycles. The Bertz CT molecular complexity index is 207. The van der Waals surface area contributed by atoms with E-state index in [4.69, 9.17) is 4.74 Å². The summed E-state index contributed by atoms with van der Waals surface area (Å²) in [6.07, 6.45) is 11.1. The molecule has 2 heteroatoms. The van der Waals surface area contributed by atoms with Gasteiger partial charge >= 0.3 is 5.97 Å². The Morgan fingerprint density at radius 1 is 1.06 bits per heavy atom. The Morgan fingerprint density at radius 2 is 1.75 bits per heavy atom. The summed E-state index contributed by atoms with van der Waals surface area (Å²) in [5.74, 6) is -0.149. The van der Waals surface area contributed by atoms with Crippen molar-refractivity contribution in [3.05, 3.63) is 11.6 Å². The predicted molar refractivity (Wildman–Crippen MR) is 68.4 cm³/mol. The summed E-state index contributed by atoms with van der Waals surface area (Å²) in [7, 11) is 1.46. The normalized spacial score (nSPS) is 11.6. The Balaban J connectivity index is 3.96. The molecule has 0 unspecified atom stereocenters. The molecule has 0 aliphatic carbocycles. The van der Waals surface area contributed by atoms with Gasteiger partial charge in [-0.15, -0.1) is 0 Å². The highest BCUT2D eigenvalue weighted by molar-refractivity contribution is 5.88. The van der Waals surface area contributed by atoms with Gasteiger partial charge in [0.15, 0.2) is 0 Å². The molecule has 0 aromatic rings. The van der Waals surface area contributed by atoms with Crippen LogP contribution in [0.15, 0.2) is 11.6 Å². The standard InChI is InChI=1S/C14H26O2/c1-4-6-8-9-10-12-13(11-7-5-2)14(15)16-3/h12H,4-11H2,1-3H3. The van der Waals surface area contributed by atoms with Crippen molar-refractivity contribution < 1.29 is 9.53 Å². The molecule has 0 aliphatic heterocycles. The average Bonchev–Trinajstić information content (AvgIpc) is 2.31. The topological polar surface area (TPSA) is 26.3 Å². The van der Waals surface area contributed by atoms with E-state index in [2.05, 4.69) is 19.9 Å². The van der Waals surface area contributed by atoms with Crippen molar-refractivity contribution in [3.8, 4) is 0 Å². The molecule has 0 heterocycles. The zero-order chi connectivity index (χ0) is 12.2. The summed E-state index contributed by atoms with van der Waals surface area (Å²) in [5, 5.41) is 0. The molecule has 16 heavy (non-hydrogen) atoms. The van der Waals surface area contributed by atoms with Gasteiger partial charge in [-0.2, -0.15) is 0 Å². The molecule has 0 spiro atoms. The lowest BCUT2D eigenvalue weighted by atomic mass is 10.1. The molecule has 0 saturated heterocycles. The van der Waals surface area contributed by atoms with Gasteiger partial charge in [0.1, 0.15) is 0 Å². The van der Waals surface area contributed by atoms with Crippen molar-refractivity contribution in [2.75, 3.05) is 7.11 Å². The van der Waals surface area contributed by atoms with Crippen LogP contribution in [0.5, 0.6) is 0 Å². The van der Waals surface area contributed by atoms with Gasteiger partial charge in [0, 0.05) is 5.57 Å². The number of hydrogen-bond donors (Lipinski definition) is 0. The molecule has 0 amide bonds. The Labute approximate surface area is 100 Å². The second kappa shape index (κ2) is 10.7. The molecular weight excluding hydrogens is 200 g/mol. The fourth-order valence-corrected chi connectivity index (χ4v) is 1.63. The largest absolute Gasteiger partial charge is 0.466 e. The van der Waals surface area contributed by atoms with Crippen molar-refractivity contribution in [1.29, 1.82) is 0 Å². The van der Waals surface area contributed by atoms with Crippen LogP contribution in [0, 0.1) is 0 Å². The summed E-state index contributed by atoms with van der Waals surface area (Å²) in [6.45, 7) is 4.34. The van der Waals surface area contributed by atoms with Gasteiger partial charge < -0.3 is 4.74 Å². The van der Waals surface area contributed by atoms with E-state index in [0.717, 1.165) is 31.3 Å². The number of esters is 1. The molecule has 0 N–H and O–H groups in total. The van der Waals surface area contributed by atoms with Crippen LogP contribution in [-0.4, -0.2) is 13.1 Å².